The van der Waals surface area contributed by atoms with Crippen LogP contribution in [-0.4, -0.2) is 51.4 Å². The number of benzene rings is 3. The topological polar surface area (TPSA) is 58.4 Å². The zero-order valence-corrected chi connectivity index (χ0v) is 27.0. The van der Waals surface area contributed by atoms with Crippen LogP contribution in [0, 0.1) is 12.7 Å². The first-order valence-corrected chi connectivity index (χ1v) is 15.8. The second-order valence-electron chi connectivity index (χ2n) is 10.7. The smallest absolute Gasteiger partial charge is 0.336 e. The van der Waals surface area contributed by atoms with Gasteiger partial charge in [-0.15, -0.1) is 0 Å². The van der Waals surface area contributed by atoms with E-state index in [-0.39, 0.29) is 60.1 Å². The number of likely N-dealkylation sites (N-methyl/N-ethyl adjacent to an activating group) is 1. The third kappa shape index (κ3) is 8.54. The van der Waals surface area contributed by atoms with Crippen LogP contribution < -0.4 is 5.56 Å². The highest BCUT2D eigenvalue weighted by Crippen LogP contribution is 2.32. The first-order valence-electron chi connectivity index (χ1n) is 22.5. The maximum absolute atomic E-state index is 14.8. The Morgan fingerprint density at radius 1 is 1.00 bits per heavy atom. The predicted octanol–water partition coefficient (Wildman–Crippen LogP) is 7.53. The molecule has 48 heavy (non-hydrogen) atoms. The second kappa shape index (κ2) is 15.5. The Morgan fingerprint density at radius 2 is 1.69 bits per heavy atom. The molecule has 0 saturated heterocycles. The molecule has 0 unspecified atom stereocenters. The molecule has 0 N–H and O–H groups in total. The second-order valence-corrected chi connectivity index (χ2v) is 11.4. The van der Waals surface area contributed by atoms with E-state index in [9.17, 15) is 29.9 Å². The highest BCUT2D eigenvalue weighted by molar-refractivity contribution is 7.98. The van der Waals surface area contributed by atoms with Crippen molar-refractivity contribution in [3.05, 3.63) is 116 Å². The van der Waals surface area contributed by atoms with Crippen LogP contribution in [0.15, 0.2) is 76.4 Å². The summed E-state index contributed by atoms with van der Waals surface area (Å²) >= 11 is -0.00469. The molecule has 6 nitrogen and oxygen atoms in total. The molecular formula is C37H40F4N4O2S. The molecule has 0 atom stereocenters. The van der Waals surface area contributed by atoms with Crippen LogP contribution in [0.5, 0.6) is 0 Å². The third-order valence-corrected chi connectivity index (χ3v) is 8.39. The molecule has 0 radical (unpaired) electrons. The summed E-state index contributed by atoms with van der Waals surface area (Å²) in [6, 6.07) is -12.2. The minimum absolute atomic E-state index is 0.00469. The molecule has 1 aliphatic rings. The SMILES string of the molecule is [2H]c1c([2H])c(C([2H])([2H])Sc2nc(=O)c3c(n2C([2H])([2H])C(=O)N(CCN(CC)CC)Cc2c([2H])c([2H])c(-c4c([2H])c([2H])c(C(F)(F)F)c([2H])c4[2H])c([2H])c2C)CCC3)c([2H])c([2H])c1F. The van der Waals surface area contributed by atoms with Gasteiger partial charge in [-0.3, -0.25) is 9.59 Å². The number of carbonyl (C=O) groups is 1. The van der Waals surface area contributed by atoms with Crippen molar-refractivity contribution in [1.29, 1.82) is 0 Å². The Morgan fingerprint density at radius 3 is 2.35 bits per heavy atom. The van der Waals surface area contributed by atoms with Crippen LogP contribution in [0.1, 0.15) is 74.3 Å². The van der Waals surface area contributed by atoms with Gasteiger partial charge in [0.05, 0.1) is 23.4 Å². The molecule has 1 aliphatic carbocycles. The summed E-state index contributed by atoms with van der Waals surface area (Å²) in [6.45, 7) is 1.74. The molecule has 11 heteroatoms. The monoisotopic (exact) mass is 695 g/mol. The lowest BCUT2D eigenvalue weighted by atomic mass is 9.98. The Labute approximate surface area is 303 Å². The van der Waals surface area contributed by atoms with Gasteiger partial charge in [0.25, 0.3) is 5.56 Å². The highest BCUT2D eigenvalue weighted by atomic mass is 32.2. The Kier molecular flexibility index (Phi) is 6.63. The summed E-state index contributed by atoms with van der Waals surface area (Å²) < 4.78 is 185. The van der Waals surface area contributed by atoms with Crippen molar-refractivity contribution < 1.29 is 42.9 Å². The van der Waals surface area contributed by atoms with Crippen molar-refractivity contribution in [1.82, 2.24) is 19.4 Å². The summed E-state index contributed by atoms with van der Waals surface area (Å²) in [4.78, 5) is 34.9. The van der Waals surface area contributed by atoms with Gasteiger partial charge in [0.2, 0.25) is 5.91 Å². The fraction of sp³-hybridized carbons (Fsp3) is 0.378. The highest BCUT2D eigenvalue weighted by Gasteiger charge is 2.30. The normalized spacial score (nSPS) is 17.9. The van der Waals surface area contributed by atoms with Crippen molar-refractivity contribution in [2.24, 2.45) is 0 Å². The van der Waals surface area contributed by atoms with Crippen LogP contribution in [0.2, 0.25) is 0 Å². The van der Waals surface area contributed by atoms with Crippen LogP contribution in [0.3, 0.4) is 0 Å². The fourth-order valence-corrected chi connectivity index (χ4v) is 5.62. The van der Waals surface area contributed by atoms with E-state index in [1.807, 2.05) is 18.7 Å². The van der Waals surface area contributed by atoms with Gasteiger partial charge in [-0.05, 0) is 91.3 Å². The Bertz CT molecular complexity index is 2500. The molecule has 0 bridgehead atoms. The number of aromatic nitrogens is 2. The minimum Gasteiger partial charge on any atom is -0.336 e. The number of amides is 1. The number of fused-ring (bicyclic) bond motifs is 1. The maximum atomic E-state index is 14.8. The average molecular weight is 696 g/mol. The first-order chi connectivity index (χ1) is 29.1. The zero-order chi connectivity index (χ0) is 47.6. The number of alkyl halides is 3. The molecule has 1 amide bonds. The molecule has 254 valence electrons. The number of nitrogens with zero attached hydrogens (tertiary/aromatic N) is 4. The van der Waals surface area contributed by atoms with Crippen molar-refractivity contribution in [3.8, 4) is 11.1 Å². The van der Waals surface area contributed by atoms with Gasteiger partial charge in [0.1, 0.15) is 12.3 Å². The standard InChI is InChI=1S/C37H40F4N4O2S/c1-4-43(5-2)19-20-44(22-29-12-11-28(21-25(29)3)27-13-15-30(16-14-27)37(39,40)41)34(46)23-45-33-8-6-7-32(33)35(47)42-36(45)48-24-26-9-17-31(38)18-10-26/h9-18,21H,4-8,19-20,22-24H2,1-3H3/i9D,10D,11D,12D,13D,14D,15D,16D,17D,18D,21D,23D2,24D2. The van der Waals surface area contributed by atoms with Gasteiger partial charge >= 0.3 is 6.18 Å². The van der Waals surface area contributed by atoms with Crippen molar-refractivity contribution in [2.45, 2.75) is 70.1 Å². The van der Waals surface area contributed by atoms with Crippen LogP contribution in [0.4, 0.5) is 17.6 Å². The van der Waals surface area contributed by atoms with Gasteiger partial charge < -0.3 is 14.4 Å². The number of hydrogen-bond donors (Lipinski definition) is 0. The molecule has 4 aromatic rings. The maximum Gasteiger partial charge on any atom is 0.416 e. The van der Waals surface area contributed by atoms with Gasteiger partial charge in [0.15, 0.2) is 5.16 Å². The number of rotatable bonds is 13. The fourth-order valence-electron chi connectivity index (χ4n) is 4.95. The summed E-state index contributed by atoms with van der Waals surface area (Å²) in [7, 11) is 0. The lowest BCUT2D eigenvalue weighted by Gasteiger charge is -2.28. The van der Waals surface area contributed by atoms with Crippen molar-refractivity contribution in [3.63, 3.8) is 0 Å². The number of hydrogen-bond acceptors (Lipinski definition) is 5. The van der Waals surface area contributed by atoms with E-state index in [2.05, 4.69) is 4.98 Å². The van der Waals surface area contributed by atoms with Gasteiger partial charge in [-0.2, -0.15) is 18.2 Å². The average Bonchev–Trinajstić information content (AvgIpc) is 3.69. The predicted molar refractivity (Wildman–Crippen MR) is 181 cm³/mol. The molecule has 0 fully saturated rings. The van der Waals surface area contributed by atoms with Crippen LogP contribution in [-0.2, 0) is 42.6 Å². The van der Waals surface area contributed by atoms with E-state index in [0.717, 1.165) is 4.90 Å². The Balaban J connectivity index is 1.69. The summed E-state index contributed by atoms with van der Waals surface area (Å²) in [5.41, 5.74) is -8.65. The lowest BCUT2D eigenvalue weighted by Crippen LogP contribution is -2.40. The van der Waals surface area contributed by atoms with Crippen LogP contribution >= 0.6 is 11.8 Å². The zero-order valence-electron chi connectivity index (χ0n) is 41.2. The molecule has 0 aliphatic heterocycles. The van der Waals surface area contributed by atoms with Crippen molar-refractivity contribution >= 4 is 17.7 Å². The first kappa shape index (κ1) is 20.5. The van der Waals surface area contributed by atoms with Gasteiger partial charge in [-0.1, -0.05) is 67.9 Å². The number of carbonyl (C=O) groups excluding carboxylic acids is 1. The molecule has 5 rings (SSSR count). The molecule has 0 saturated carbocycles. The van der Waals surface area contributed by atoms with E-state index in [4.69, 9.17) is 17.8 Å². The molecular weight excluding hydrogens is 640 g/mol. The summed E-state index contributed by atoms with van der Waals surface area (Å²) in [6.07, 6.45) is -4.87. The van der Waals surface area contributed by atoms with E-state index in [0.29, 0.717) is 24.1 Å². The molecule has 1 aromatic heterocycles. The quantitative estimate of drug-likeness (QED) is 0.0823. The Hall–Kier alpha value is -3.96. The number of thioether (sulfide) groups is 1. The van der Waals surface area contributed by atoms with Crippen molar-refractivity contribution in [2.75, 3.05) is 26.2 Å². The van der Waals surface area contributed by atoms with Gasteiger partial charge in [-0.25, -0.2) is 4.39 Å². The van der Waals surface area contributed by atoms with E-state index in [1.54, 1.807) is 0 Å². The largest absolute Gasteiger partial charge is 0.416 e. The van der Waals surface area contributed by atoms with Crippen LogP contribution in [0.25, 0.3) is 11.1 Å². The minimum atomic E-state index is -5.28. The van der Waals surface area contributed by atoms with E-state index in [1.165, 1.54) is 6.92 Å². The summed E-state index contributed by atoms with van der Waals surface area (Å²) in [5, 5.41) is -0.742. The molecule has 1 heterocycles. The molecule has 3 aromatic carbocycles. The lowest BCUT2D eigenvalue weighted by molar-refractivity contribution is -0.137. The van der Waals surface area contributed by atoms with E-state index >= 15 is 0 Å². The number of halogens is 4. The van der Waals surface area contributed by atoms with E-state index < -0.39 is 136 Å². The van der Waals surface area contributed by atoms with Gasteiger partial charge in [0, 0.05) is 39.3 Å². The summed E-state index contributed by atoms with van der Waals surface area (Å²) in [5.74, 6) is -2.89. The molecule has 0 spiro atoms. The third-order valence-electron chi connectivity index (χ3n) is 7.63.